The quantitative estimate of drug-likeness (QED) is 0.154. The number of fused-ring (bicyclic) bond motifs is 1. The van der Waals surface area contributed by atoms with Crippen LogP contribution in [0.3, 0.4) is 0 Å². The van der Waals surface area contributed by atoms with Gasteiger partial charge in [0.1, 0.15) is 11.6 Å². The van der Waals surface area contributed by atoms with E-state index in [1.165, 1.54) is 5.56 Å². The minimum Gasteiger partial charge on any atom is -0.507 e. The molecule has 0 aliphatic carbocycles. The first-order valence-corrected chi connectivity index (χ1v) is 21.0. The molecule has 9 rings (SSSR count). The number of phenols is 1. The minimum absolute atomic E-state index is 0. The van der Waals surface area contributed by atoms with Crippen molar-refractivity contribution in [3.63, 3.8) is 0 Å². The third-order valence-corrected chi connectivity index (χ3v) is 11.6. The van der Waals surface area contributed by atoms with Crippen LogP contribution in [0.15, 0.2) is 164 Å². The third-order valence-electron chi connectivity index (χ3n) is 11.6. The largest absolute Gasteiger partial charge is 0.507 e. The molecule has 0 atom stereocenters. The second-order valence-corrected chi connectivity index (χ2v) is 17.4. The summed E-state index contributed by atoms with van der Waals surface area (Å²) in [7, 11) is 0. The zero-order chi connectivity index (χ0) is 43.3. The van der Waals surface area contributed by atoms with E-state index in [2.05, 4.69) is 154 Å². The van der Waals surface area contributed by atoms with E-state index in [9.17, 15) is 5.11 Å². The van der Waals surface area contributed by atoms with Crippen molar-refractivity contribution in [2.75, 3.05) is 0 Å². The van der Waals surface area contributed by atoms with Gasteiger partial charge in [0.25, 0.3) is 0 Å². The van der Waals surface area contributed by atoms with Crippen molar-refractivity contribution >= 4 is 11.0 Å². The van der Waals surface area contributed by atoms with Crippen LogP contribution >= 0.6 is 0 Å². The molecular formula is C57H50N3OPt-. The van der Waals surface area contributed by atoms with Gasteiger partial charge in [0, 0.05) is 40.0 Å². The number of hydrogen-bond donors (Lipinski definition) is 1. The predicted octanol–water partition coefficient (Wildman–Crippen LogP) is 15.0. The number of phenolic OH excluding ortho intramolecular Hbond substituents is 1. The first-order valence-electron chi connectivity index (χ1n) is 21.5. The SMILES string of the molecule is [2H]C(C)(C)c1ccc(-c2ccnc(-c3[c-]c(-c4cccc5c4nc(-c4cc(C)cc(C)c4O)n5-c4cc(-c5ccccc5)cc(C(C)(C)C)c4)cc(-c4ccccc4)c3)c2)cc1.[Pt]. The number of para-hydroxylation sites is 1. The van der Waals surface area contributed by atoms with Gasteiger partial charge in [0.05, 0.1) is 16.6 Å². The Balaban J connectivity index is 0.00000544. The van der Waals surface area contributed by atoms with Crippen molar-refractivity contribution in [2.45, 2.75) is 59.8 Å². The Morgan fingerprint density at radius 3 is 1.94 bits per heavy atom. The van der Waals surface area contributed by atoms with Gasteiger partial charge in [-0.25, -0.2) is 4.98 Å². The van der Waals surface area contributed by atoms with E-state index in [0.717, 1.165) is 89.2 Å². The van der Waals surface area contributed by atoms with Crippen molar-refractivity contribution in [1.29, 1.82) is 0 Å². The van der Waals surface area contributed by atoms with Crippen LogP contribution in [-0.4, -0.2) is 19.6 Å². The van der Waals surface area contributed by atoms with Gasteiger partial charge in [-0.15, -0.1) is 23.8 Å². The molecule has 0 saturated heterocycles. The summed E-state index contributed by atoms with van der Waals surface area (Å²) in [6, 6.07) is 58.7. The molecule has 0 spiro atoms. The summed E-state index contributed by atoms with van der Waals surface area (Å²) in [6.07, 6.45) is 1.86. The molecule has 1 N–H and O–H groups in total. The molecule has 0 aliphatic rings. The zero-order valence-corrected chi connectivity index (χ0v) is 38.5. The molecule has 310 valence electrons. The first kappa shape index (κ1) is 41.0. The Bertz CT molecular complexity index is 3110. The normalized spacial score (nSPS) is 12.0. The molecule has 0 amide bonds. The van der Waals surface area contributed by atoms with E-state index < -0.39 is 5.89 Å². The second-order valence-electron chi connectivity index (χ2n) is 17.4. The average molecular weight is 989 g/mol. The maximum atomic E-state index is 11.8. The van der Waals surface area contributed by atoms with E-state index in [0.29, 0.717) is 11.4 Å². The standard InChI is InChI=1S/C57H50N3O.Pt/c1-36(2)39-21-23-42(24-22-39)43-25-26-58-52(34-43)47-30-44(40-15-10-8-11-16-40)29-46(31-47)50-19-14-20-53-54(50)59-56(51-28-37(3)27-38(4)55(51)61)60(53)49-33-45(41-17-12-9-13-18-41)32-48(35-49)57(5,6)7;/h8-30,32-36,61H,1-7H3;/q-1;/i36D;. The summed E-state index contributed by atoms with van der Waals surface area (Å²) in [6.45, 7) is 14.6. The van der Waals surface area contributed by atoms with Crippen LogP contribution in [-0.2, 0) is 26.5 Å². The van der Waals surface area contributed by atoms with E-state index in [4.69, 9.17) is 11.3 Å². The number of nitrogens with zero attached hydrogens (tertiary/aromatic N) is 3. The number of benzene rings is 7. The van der Waals surface area contributed by atoms with Crippen LogP contribution < -0.4 is 0 Å². The Hall–Kier alpha value is -6.35. The fourth-order valence-corrected chi connectivity index (χ4v) is 8.26. The number of aryl methyl sites for hydroxylation is 2. The fraction of sp³-hybridized carbons (Fsp3) is 0.158. The predicted molar refractivity (Wildman–Crippen MR) is 254 cm³/mol. The van der Waals surface area contributed by atoms with E-state index >= 15 is 0 Å². The van der Waals surface area contributed by atoms with Crippen molar-refractivity contribution in [1.82, 2.24) is 14.5 Å². The summed E-state index contributed by atoms with van der Waals surface area (Å²) in [5.41, 5.74) is 17.2. The summed E-state index contributed by atoms with van der Waals surface area (Å²) in [5.74, 6) is 0.203. The Kier molecular flexibility index (Phi) is 11.4. The topological polar surface area (TPSA) is 50.9 Å². The second kappa shape index (κ2) is 17.2. The molecule has 0 unspecified atom stereocenters. The maximum absolute atomic E-state index is 11.8. The van der Waals surface area contributed by atoms with Crippen molar-refractivity contribution < 1.29 is 27.5 Å². The number of rotatable bonds is 8. The van der Waals surface area contributed by atoms with Crippen LogP contribution in [0.2, 0.25) is 0 Å². The Morgan fingerprint density at radius 2 is 1.27 bits per heavy atom. The molecule has 62 heavy (non-hydrogen) atoms. The molecule has 9 aromatic rings. The van der Waals surface area contributed by atoms with Gasteiger partial charge >= 0.3 is 0 Å². The number of pyridine rings is 1. The van der Waals surface area contributed by atoms with Gasteiger partial charge in [-0.05, 0) is 106 Å². The number of aromatic nitrogens is 3. The smallest absolute Gasteiger partial charge is 0.148 e. The summed E-state index contributed by atoms with van der Waals surface area (Å²) in [5, 5.41) is 11.8. The molecule has 0 radical (unpaired) electrons. The van der Waals surface area contributed by atoms with E-state index in [1.54, 1.807) is 0 Å². The summed E-state index contributed by atoms with van der Waals surface area (Å²) >= 11 is 0. The van der Waals surface area contributed by atoms with Gasteiger partial charge in [-0.2, -0.15) is 0 Å². The molecule has 5 heteroatoms. The van der Waals surface area contributed by atoms with Crippen LogP contribution in [0.5, 0.6) is 5.75 Å². The zero-order valence-electron chi connectivity index (χ0n) is 37.2. The summed E-state index contributed by atoms with van der Waals surface area (Å²) < 4.78 is 10.7. The molecule has 0 bridgehead atoms. The van der Waals surface area contributed by atoms with Crippen LogP contribution in [0, 0.1) is 19.9 Å². The average Bonchev–Trinajstić information content (AvgIpc) is 3.67. The molecule has 0 saturated carbocycles. The monoisotopic (exact) mass is 988 g/mol. The first-order chi connectivity index (χ1) is 29.7. The van der Waals surface area contributed by atoms with Gasteiger partial charge in [-0.3, -0.25) is 9.55 Å². The van der Waals surface area contributed by atoms with Gasteiger partial charge in [0.15, 0.2) is 0 Å². The van der Waals surface area contributed by atoms with Gasteiger partial charge < -0.3 is 5.11 Å². The maximum Gasteiger partial charge on any atom is 0.148 e. The number of aromatic hydroxyl groups is 1. The Labute approximate surface area is 381 Å². The van der Waals surface area contributed by atoms with Gasteiger partial charge in [0.2, 0.25) is 0 Å². The molecule has 0 fully saturated rings. The number of imidazole rings is 1. The van der Waals surface area contributed by atoms with Crippen molar-refractivity contribution in [2.24, 2.45) is 0 Å². The molecule has 2 heterocycles. The molecule has 4 nitrogen and oxygen atoms in total. The fourth-order valence-electron chi connectivity index (χ4n) is 8.26. The van der Waals surface area contributed by atoms with Crippen molar-refractivity contribution in [3.8, 4) is 78.6 Å². The van der Waals surface area contributed by atoms with Crippen LogP contribution in [0.1, 0.15) is 64.1 Å². The van der Waals surface area contributed by atoms with Crippen LogP contribution in [0.4, 0.5) is 0 Å². The van der Waals surface area contributed by atoms with E-state index in [1.807, 2.05) is 69.4 Å². The van der Waals surface area contributed by atoms with Crippen molar-refractivity contribution in [3.05, 3.63) is 192 Å². The molecule has 0 aliphatic heterocycles. The summed E-state index contributed by atoms with van der Waals surface area (Å²) in [4.78, 5) is 10.4. The molecular weight excluding hydrogens is 938 g/mol. The number of hydrogen-bond acceptors (Lipinski definition) is 3. The van der Waals surface area contributed by atoms with E-state index in [-0.39, 0.29) is 32.2 Å². The Morgan fingerprint density at radius 1 is 0.629 bits per heavy atom. The minimum atomic E-state index is -0.675. The molecule has 7 aromatic carbocycles. The third kappa shape index (κ3) is 8.33. The molecule has 2 aromatic heterocycles. The van der Waals surface area contributed by atoms with Crippen LogP contribution in [0.25, 0.3) is 83.9 Å². The van der Waals surface area contributed by atoms with Gasteiger partial charge in [-0.1, -0.05) is 167 Å².